The Labute approximate surface area is 198 Å². The molecule has 7 heteroatoms. The van der Waals surface area contributed by atoms with E-state index < -0.39 is 5.82 Å². The minimum atomic E-state index is -0.398. The quantitative estimate of drug-likeness (QED) is 0.316. The maximum Gasteiger partial charge on any atom is 0.255 e. The highest BCUT2D eigenvalue weighted by Gasteiger charge is 2.11. The maximum atomic E-state index is 13.0. The average molecular weight is 463 g/mol. The molecule has 0 bridgehead atoms. The van der Waals surface area contributed by atoms with Crippen LogP contribution < -0.4 is 15.4 Å². The normalized spacial score (nSPS) is 11.4. The first-order valence-electron chi connectivity index (χ1n) is 11.0. The standard InChI is InChI=1S/C27H27FN2O4/c1-18(29-26(32)4-3-17-34-25-15-9-21(10-16-25)19(2)31)20-7-13-24(14-8-20)30-27(33)22-5-11-23(28)12-6-22/h5-16,18H,3-4,17H2,1-2H3,(H,29,32)(H,30,33). The van der Waals surface area contributed by atoms with E-state index in [4.69, 9.17) is 4.74 Å². The topological polar surface area (TPSA) is 84.5 Å². The zero-order chi connectivity index (χ0) is 24.5. The number of rotatable bonds is 10. The van der Waals surface area contributed by atoms with E-state index in [2.05, 4.69) is 10.6 Å². The fraction of sp³-hybridized carbons (Fsp3) is 0.222. The number of amides is 2. The van der Waals surface area contributed by atoms with Gasteiger partial charge in [0.15, 0.2) is 5.78 Å². The molecule has 1 unspecified atom stereocenters. The zero-order valence-electron chi connectivity index (χ0n) is 19.1. The summed E-state index contributed by atoms with van der Waals surface area (Å²) in [6.07, 6.45) is 0.878. The third kappa shape index (κ3) is 7.27. The number of carbonyl (C=O) groups is 3. The second-order valence-electron chi connectivity index (χ2n) is 7.90. The number of halogens is 1. The molecule has 0 radical (unpaired) electrons. The van der Waals surface area contributed by atoms with Crippen molar-refractivity contribution in [3.63, 3.8) is 0 Å². The number of ether oxygens (including phenoxy) is 1. The highest BCUT2D eigenvalue weighted by Crippen LogP contribution is 2.18. The molecule has 1 atom stereocenters. The van der Waals surface area contributed by atoms with Crippen molar-refractivity contribution in [1.29, 1.82) is 0 Å². The van der Waals surface area contributed by atoms with Crippen molar-refractivity contribution in [2.75, 3.05) is 11.9 Å². The van der Waals surface area contributed by atoms with E-state index in [-0.39, 0.29) is 23.6 Å². The van der Waals surface area contributed by atoms with Crippen LogP contribution >= 0.6 is 0 Å². The molecule has 0 heterocycles. The summed E-state index contributed by atoms with van der Waals surface area (Å²) in [6.45, 7) is 3.79. The number of hydrogen-bond acceptors (Lipinski definition) is 4. The largest absolute Gasteiger partial charge is 0.494 e. The predicted molar refractivity (Wildman–Crippen MR) is 129 cm³/mol. The second-order valence-corrected chi connectivity index (χ2v) is 7.90. The average Bonchev–Trinajstić information content (AvgIpc) is 2.83. The van der Waals surface area contributed by atoms with Crippen molar-refractivity contribution in [2.24, 2.45) is 0 Å². The van der Waals surface area contributed by atoms with Crippen molar-refractivity contribution in [2.45, 2.75) is 32.7 Å². The smallest absolute Gasteiger partial charge is 0.255 e. The van der Waals surface area contributed by atoms with Crippen molar-refractivity contribution in [3.8, 4) is 5.75 Å². The molecule has 3 aromatic carbocycles. The molecule has 34 heavy (non-hydrogen) atoms. The van der Waals surface area contributed by atoms with Crippen LogP contribution in [0.1, 0.15) is 59.0 Å². The summed E-state index contributed by atoms with van der Waals surface area (Å²) in [5, 5.41) is 5.71. The van der Waals surface area contributed by atoms with E-state index in [0.717, 1.165) is 5.56 Å². The Kier molecular flexibility index (Phi) is 8.51. The van der Waals surface area contributed by atoms with Gasteiger partial charge in [-0.15, -0.1) is 0 Å². The molecule has 2 N–H and O–H groups in total. The summed E-state index contributed by atoms with van der Waals surface area (Å²) in [4.78, 5) is 35.8. The number of Topliss-reactive ketones (excluding diaryl/α,β-unsaturated/α-hetero) is 1. The summed E-state index contributed by atoms with van der Waals surface area (Å²) in [5.74, 6) is -0.153. The van der Waals surface area contributed by atoms with Crippen LogP contribution in [0.25, 0.3) is 0 Å². The van der Waals surface area contributed by atoms with Gasteiger partial charge in [0.2, 0.25) is 5.91 Å². The molecular weight excluding hydrogens is 435 g/mol. The summed E-state index contributed by atoms with van der Waals surface area (Å²) >= 11 is 0. The SMILES string of the molecule is CC(=O)c1ccc(OCCCC(=O)NC(C)c2ccc(NC(=O)c3ccc(F)cc3)cc2)cc1. The van der Waals surface area contributed by atoms with E-state index >= 15 is 0 Å². The lowest BCUT2D eigenvalue weighted by Gasteiger charge is -2.15. The van der Waals surface area contributed by atoms with Gasteiger partial charge in [0.05, 0.1) is 12.6 Å². The van der Waals surface area contributed by atoms with Gasteiger partial charge in [-0.2, -0.15) is 0 Å². The van der Waals surface area contributed by atoms with Crippen LogP contribution in [0.5, 0.6) is 5.75 Å². The molecule has 0 aliphatic rings. The molecule has 6 nitrogen and oxygen atoms in total. The summed E-state index contributed by atoms with van der Waals surface area (Å²) < 4.78 is 18.6. The van der Waals surface area contributed by atoms with E-state index in [1.807, 2.05) is 19.1 Å². The third-order valence-corrected chi connectivity index (χ3v) is 5.23. The van der Waals surface area contributed by atoms with Crippen LogP contribution in [-0.2, 0) is 4.79 Å². The van der Waals surface area contributed by atoms with Gasteiger partial charge in [0.25, 0.3) is 5.91 Å². The molecule has 0 spiro atoms. The molecule has 0 aliphatic heterocycles. The Morgan fingerprint density at radius 1 is 0.882 bits per heavy atom. The number of carbonyl (C=O) groups excluding carboxylic acids is 3. The Bertz CT molecular complexity index is 1130. The second kappa shape index (κ2) is 11.7. The molecule has 0 aromatic heterocycles. The molecule has 0 saturated heterocycles. The monoisotopic (exact) mass is 462 g/mol. The van der Waals surface area contributed by atoms with Crippen LogP contribution in [0, 0.1) is 5.82 Å². The van der Waals surface area contributed by atoms with Gasteiger partial charge >= 0.3 is 0 Å². The van der Waals surface area contributed by atoms with Gasteiger partial charge in [0.1, 0.15) is 11.6 Å². The molecule has 0 fully saturated rings. The fourth-order valence-electron chi connectivity index (χ4n) is 3.27. The lowest BCUT2D eigenvalue weighted by molar-refractivity contribution is -0.121. The van der Waals surface area contributed by atoms with E-state index in [1.165, 1.54) is 31.2 Å². The van der Waals surface area contributed by atoms with Gasteiger partial charge < -0.3 is 15.4 Å². The Hall–Kier alpha value is -4.00. The number of hydrogen-bond donors (Lipinski definition) is 2. The van der Waals surface area contributed by atoms with Gasteiger partial charge in [-0.05, 0) is 86.5 Å². The van der Waals surface area contributed by atoms with Crippen LogP contribution in [-0.4, -0.2) is 24.2 Å². The first kappa shape index (κ1) is 24.6. The zero-order valence-corrected chi connectivity index (χ0v) is 19.1. The maximum absolute atomic E-state index is 13.0. The van der Waals surface area contributed by atoms with Crippen molar-refractivity contribution < 1.29 is 23.5 Å². The predicted octanol–water partition coefficient (Wildman–Crippen LogP) is 5.32. The molecule has 0 aliphatic carbocycles. The van der Waals surface area contributed by atoms with Gasteiger partial charge in [0, 0.05) is 23.2 Å². The van der Waals surface area contributed by atoms with Gasteiger partial charge in [-0.3, -0.25) is 14.4 Å². The lowest BCUT2D eigenvalue weighted by atomic mass is 10.1. The van der Waals surface area contributed by atoms with Gasteiger partial charge in [-0.1, -0.05) is 12.1 Å². The summed E-state index contributed by atoms with van der Waals surface area (Å²) in [6, 6.07) is 19.2. The van der Waals surface area contributed by atoms with Gasteiger partial charge in [-0.25, -0.2) is 4.39 Å². The van der Waals surface area contributed by atoms with Crippen molar-refractivity contribution in [3.05, 3.63) is 95.3 Å². The molecular formula is C27H27FN2O4. The van der Waals surface area contributed by atoms with Crippen LogP contribution in [0.3, 0.4) is 0 Å². The first-order chi connectivity index (χ1) is 16.3. The molecule has 0 saturated carbocycles. The summed E-state index contributed by atoms with van der Waals surface area (Å²) in [7, 11) is 0. The summed E-state index contributed by atoms with van der Waals surface area (Å²) in [5.41, 5.74) is 2.49. The van der Waals surface area contributed by atoms with Crippen LogP contribution in [0.15, 0.2) is 72.8 Å². The Morgan fingerprint density at radius 2 is 1.50 bits per heavy atom. The third-order valence-electron chi connectivity index (χ3n) is 5.23. The van der Waals surface area contributed by atoms with E-state index in [1.54, 1.807) is 36.4 Å². The van der Waals surface area contributed by atoms with E-state index in [9.17, 15) is 18.8 Å². The van der Waals surface area contributed by atoms with Crippen LogP contribution in [0.4, 0.5) is 10.1 Å². The first-order valence-corrected chi connectivity index (χ1v) is 11.0. The molecule has 176 valence electrons. The number of nitrogens with one attached hydrogen (secondary N) is 2. The fourth-order valence-corrected chi connectivity index (χ4v) is 3.27. The molecule has 2 amide bonds. The van der Waals surface area contributed by atoms with Crippen LogP contribution in [0.2, 0.25) is 0 Å². The van der Waals surface area contributed by atoms with Crippen molar-refractivity contribution in [1.82, 2.24) is 5.32 Å². The molecule has 3 rings (SSSR count). The highest BCUT2D eigenvalue weighted by molar-refractivity contribution is 6.04. The number of ketones is 1. The minimum absolute atomic E-state index is 0.00160. The molecule has 3 aromatic rings. The Balaban J connectivity index is 1.40. The lowest BCUT2D eigenvalue weighted by Crippen LogP contribution is -2.26. The number of anilines is 1. The number of benzene rings is 3. The van der Waals surface area contributed by atoms with Crippen molar-refractivity contribution >= 4 is 23.3 Å². The highest BCUT2D eigenvalue weighted by atomic mass is 19.1. The minimum Gasteiger partial charge on any atom is -0.494 e. The Morgan fingerprint density at radius 3 is 2.12 bits per heavy atom. The van der Waals surface area contributed by atoms with E-state index in [0.29, 0.717) is 42.0 Å².